The Morgan fingerprint density at radius 2 is 0.840 bits per heavy atom. The third-order valence-corrected chi connectivity index (χ3v) is 9.68. The van der Waals surface area contributed by atoms with E-state index in [1.165, 1.54) is 0 Å². The Labute approximate surface area is 149 Å². The Hall–Kier alpha value is -0.930. The van der Waals surface area contributed by atoms with Crippen LogP contribution in [0.1, 0.15) is 36.0 Å². The van der Waals surface area contributed by atoms with Crippen molar-refractivity contribution in [1.82, 2.24) is 0 Å². The van der Waals surface area contributed by atoms with Crippen molar-refractivity contribution in [2.75, 3.05) is 17.3 Å². The molecule has 0 N–H and O–H groups in total. The van der Waals surface area contributed by atoms with E-state index in [2.05, 4.69) is 0 Å². The quantitative estimate of drug-likeness (QED) is 0.642. The van der Waals surface area contributed by atoms with Crippen molar-refractivity contribution < 1.29 is 25.3 Å². The normalized spacial score (nSPS) is 25.9. The van der Waals surface area contributed by atoms with Crippen LogP contribution in [0.2, 0.25) is 0 Å². The summed E-state index contributed by atoms with van der Waals surface area (Å²) in [5, 5.41) is 0. The van der Waals surface area contributed by atoms with Gasteiger partial charge in [0.05, 0.1) is 34.5 Å². The lowest BCUT2D eigenvalue weighted by Gasteiger charge is -2.20. The van der Waals surface area contributed by atoms with Gasteiger partial charge in [-0.25, -0.2) is 25.3 Å². The Balaban J connectivity index is 2.19. The van der Waals surface area contributed by atoms with Crippen molar-refractivity contribution in [3.63, 3.8) is 0 Å². The molecule has 0 unspecified atom stereocenters. The summed E-state index contributed by atoms with van der Waals surface area (Å²) in [7, 11) is -9.92. The van der Waals surface area contributed by atoms with Crippen LogP contribution in [-0.2, 0) is 46.8 Å². The van der Waals surface area contributed by atoms with E-state index >= 15 is 0 Å². The van der Waals surface area contributed by atoms with E-state index in [-0.39, 0.29) is 40.4 Å². The van der Waals surface area contributed by atoms with Gasteiger partial charge in [0, 0.05) is 0 Å². The summed E-state index contributed by atoms with van der Waals surface area (Å²) in [6, 6.07) is 4.74. The van der Waals surface area contributed by atoms with Crippen LogP contribution in [-0.4, -0.2) is 42.5 Å². The summed E-state index contributed by atoms with van der Waals surface area (Å²) in [6.45, 7) is 0. The van der Waals surface area contributed by atoms with E-state index in [1.54, 1.807) is 18.2 Å². The van der Waals surface area contributed by atoms with Gasteiger partial charge in [0.15, 0.2) is 29.5 Å². The summed E-state index contributed by atoms with van der Waals surface area (Å²) < 4.78 is 74.3. The summed E-state index contributed by atoms with van der Waals surface area (Å²) in [5.41, 5.74) is 1.40. The first-order valence-corrected chi connectivity index (χ1v) is 13.7. The largest absolute Gasteiger partial charge is 0.228 e. The van der Waals surface area contributed by atoms with Crippen LogP contribution in [0.25, 0.3) is 0 Å². The highest BCUT2D eigenvalue weighted by molar-refractivity contribution is 7.91. The Morgan fingerprint density at radius 1 is 0.560 bits per heavy atom. The summed E-state index contributed by atoms with van der Waals surface area (Å²) in [4.78, 5) is 0. The number of sulfone groups is 3. The van der Waals surface area contributed by atoms with Gasteiger partial charge in [-0.3, -0.25) is 0 Å². The fraction of sp³-hybridized carbons (Fsp3) is 0.625. The van der Waals surface area contributed by atoms with Gasteiger partial charge >= 0.3 is 0 Å². The molecule has 0 aliphatic carbocycles. The van der Waals surface area contributed by atoms with Crippen molar-refractivity contribution in [3.8, 4) is 0 Å². The van der Waals surface area contributed by atoms with Gasteiger partial charge in [0.25, 0.3) is 0 Å². The highest BCUT2D eigenvalue weighted by atomic mass is 32.2. The van der Waals surface area contributed by atoms with Crippen LogP contribution in [0.15, 0.2) is 18.2 Å². The predicted octanol–water partition coefficient (Wildman–Crippen LogP) is 1.24. The lowest BCUT2D eigenvalue weighted by Crippen LogP contribution is -2.22. The zero-order chi connectivity index (χ0) is 18.3. The van der Waals surface area contributed by atoms with E-state index in [9.17, 15) is 25.3 Å². The van der Waals surface area contributed by atoms with E-state index in [1.807, 2.05) is 0 Å². The highest BCUT2D eigenvalue weighted by Gasteiger charge is 2.25. The SMILES string of the molecule is O=S1(=O)CCC2CCS(=O)(=O)Cc3cc(cc(c3)CS(=O)(=O)CC2)C1. The molecule has 4 bridgehead atoms. The van der Waals surface area contributed by atoms with Crippen molar-refractivity contribution >= 4 is 29.5 Å². The topological polar surface area (TPSA) is 102 Å². The third-order valence-electron chi connectivity index (χ3n) is 4.78. The van der Waals surface area contributed by atoms with Crippen molar-refractivity contribution in [2.45, 2.75) is 36.5 Å². The average Bonchev–Trinajstić information content (AvgIpc) is 2.42. The minimum atomic E-state index is -3.31. The van der Waals surface area contributed by atoms with Crippen molar-refractivity contribution in [3.05, 3.63) is 34.9 Å². The number of hydrogen-bond acceptors (Lipinski definition) is 6. The molecule has 140 valence electrons. The zero-order valence-electron chi connectivity index (χ0n) is 13.8. The van der Waals surface area contributed by atoms with Gasteiger partial charge < -0.3 is 0 Å². The average molecular weight is 407 g/mol. The summed E-state index contributed by atoms with van der Waals surface area (Å²) >= 11 is 0. The molecule has 6 nitrogen and oxygen atoms in total. The Kier molecular flexibility index (Phi) is 5.02. The third kappa shape index (κ3) is 5.27. The molecule has 1 aromatic rings. The van der Waals surface area contributed by atoms with Crippen LogP contribution < -0.4 is 0 Å². The molecule has 9 heteroatoms. The second kappa shape index (κ2) is 6.66. The standard InChI is InChI=1S/C16H22O6S3/c17-23(18)4-1-13-2-5-24(19,20)11-15-7-14(10-23)8-16(9-15)12-25(21,22)6-3-13/h7-9,13H,1-6,10-12H2. The molecular weight excluding hydrogens is 384 g/mol. The van der Waals surface area contributed by atoms with Gasteiger partial charge in [0.2, 0.25) is 0 Å². The Morgan fingerprint density at radius 3 is 1.12 bits per heavy atom. The molecular formula is C16H22O6S3. The maximum absolute atomic E-state index is 12.4. The van der Waals surface area contributed by atoms with Crippen LogP contribution in [0.4, 0.5) is 0 Å². The first-order chi connectivity index (χ1) is 11.5. The van der Waals surface area contributed by atoms with Gasteiger partial charge in [-0.15, -0.1) is 0 Å². The van der Waals surface area contributed by atoms with E-state index in [4.69, 9.17) is 0 Å². The maximum atomic E-state index is 12.4. The lowest BCUT2D eigenvalue weighted by molar-refractivity contribution is 0.468. The predicted molar refractivity (Wildman–Crippen MR) is 96.3 cm³/mol. The van der Waals surface area contributed by atoms with E-state index < -0.39 is 29.5 Å². The van der Waals surface area contributed by atoms with Crippen molar-refractivity contribution in [1.29, 1.82) is 0 Å². The molecule has 0 saturated carbocycles. The molecule has 0 saturated heterocycles. The fourth-order valence-electron chi connectivity index (χ4n) is 3.54. The molecule has 0 spiro atoms. The molecule has 0 atom stereocenters. The van der Waals surface area contributed by atoms with Crippen molar-refractivity contribution in [2.24, 2.45) is 5.92 Å². The van der Waals surface area contributed by atoms with Crippen LogP contribution in [0, 0.1) is 5.92 Å². The number of hydrogen-bond donors (Lipinski definition) is 0. The first kappa shape index (κ1) is 18.8. The molecule has 0 aromatic heterocycles. The minimum absolute atomic E-state index is 0.0443. The van der Waals surface area contributed by atoms with Crippen LogP contribution in [0.5, 0.6) is 0 Å². The van der Waals surface area contributed by atoms with E-state index in [0.29, 0.717) is 36.0 Å². The zero-order valence-corrected chi connectivity index (χ0v) is 16.3. The summed E-state index contributed by atoms with van der Waals surface area (Å²) in [5.74, 6) is -0.890. The monoisotopic (exact) mass is 406 g/mol. The molecule has 0 fully saturated rings. The fourth-order valence-corrected chi connectivity index (χ4v) is 8.07. The molecule has 0 radical (unpaired) electrons. The van der Waals surface area contributed by atoms with E-state index in [0.717, 1.165) is 0 Å². The van der Waals surface area contributed by atoms with Gasteiger partial charge in [0.1, 0.15) is 0 Å². The first-order valence-electron chi connectivity index (χ1n) is 8.25. The number of rotatable bonds is 0. The van der Waals surface area contributed by atoms with Gasteiger partial charge in [-0.1, -0.05) is 18.2 Å². The second-order valence-electron chi connectivity index (χ2n) is 7.17. The molecule has 0 amide bonds. The molecule has 25 heavy (non-hydrogen) atoms. The Bertz CT molecular complexity index is 834. The maximum Gasteiger partial charge on any atom is 0.154 e. The van der Waals surface area contributed by atoms with Crippen LogP contribution in [0.3, 0.4) is 0 Å². The lowest BCUT2D eigenvalue weighted by atomic mass is 10.0. The van der Waals surface area contributed by atoms with Gasteiger partial charge in [-0.2, -0.15) is 0 Å². The van der Waals surface area contributed by atoms with Gasteiger partial charge in [-0.05, 0) is 41.9 Å². The smallest absolute Gasteiger partial charge is 0.154 e. The van der Waals surface area contributed by atoms with Crippen LogP contribution >= 0.6 is 0 Å². The molecule has 4 rings (SSSR count). The summed E-state index contributed by atoms with van der Waals surface area (Å²) in [6.07, 6.45) is 0.916. The highest BCUT2D eigenvalue weighted by Crippen LogP contribution is 2.25. The number of fused-ring (bicyclic) bond motifs is 9. The molecule has 3 heterocycles. The second-order valence-corrected chi connectivity index (χ2v) is 13.7. The molecule has 1 aromatic carbocycles. The molecule has 3 aliphatic rings. The minimum Gasteiger partial charge on any atom is -0.228 e. The number of benzene rings is 1. The molecule has 3 aliphatic heterocycles.